The summed E-state index contributed by atoms with van der Waals surface area (Å²) >= 11 is 0. The first-order valence-corrected chi connectivity index (χ1v) is 6.47. The largest absolute Gasteiger partial charge is 0.493 e. The van der Waals surface area contributed by atoms with Crippen LogP contribution in [0.25, 0.3) is 0 Å². The summed E-state index contributed by atoms with van der Waals surface area (Å²) in [6.07, 6.45) is 3.06. The lowest BCUT2D eigenvalue weighted by Crippen LogP contribution is -2.00. The second kappa shape index (κ2) is 6.04. The molecule has 3 aromatic rings. The minimum atomic E-state index is -0.338. The van der Waals surface area contributed by atoms with E-state index in [0.29, 0.717) is 23.1 Å². The molecule has 0 unspecified atom stereocenters. The van der Waals surface area contributed by atoms with E-state index in [4.69, 9.17) is 5.11 Å². The summed E-state index contributed by atoms with van der Waals surface area (Å²) in [5, 5.41) is 15.1. The number of aromatic hydroxyl groups is 1. The maximum Gasteiger partial charge on any atom is 0.229 e. The number of nitrogens with one attached hydrogen (secondary N) is 2. The first kappa shape index (κ1) is 13.7. The average molecular weight is 297 g/mol. The molecule has 2 heterocycles. The van der Waals surface area contributed by atoms with E-state index in [1.165, 1.54) is 24.4 Å². The lowest BCUT2D eigenvalue weighted by Gasteiger charge is -2.08. The molecule has 0 atom stereocenters. The summed E-state index contributed by atoms with van der Waals surface area (Å²) in [6, 6.07) is 10.9. The Morgan fingerprint density at radius 2 is 1.86 bits per heavy atom. The molecule has 3 rings (SSSR count). The predicted molar refractivity (Wildman–Crippen MR) is 80.9 cm³/mol. The molecule has 0 aliphatic heterocycles. The molecule has 3 N–H and O–H groups in total. The zero-order valence-electron chi connectivity index (χ0n) is 11.4. The Bertz CT molecular complexity index is 779. The van der Waals surface area contributed by atoms with Gasteiger partial charge in [0, 0.05) is 18.0 Å². The Kier molecular flexibility index (Phi) is 3.78. The highest BCUT2D eigenvalue weighted by molar-refractivity contribution is 5.58. The fourth-order valence-electron chi connectivity index (χ4n) is 1.79. The monoisotopic (exact) mass is 297 g/mol. The molecule has 22 heavy (non-hydrogen) atoms. The highest BCUT2D eigenvalue weighted by Crippen LogP contribution is 2.18. The van der Waals surface area contributed by atoms with Crippen LogP contribution < -0.4 is 10.6 Å². The van der Waals surface area contributed by atoms with Gasteiger partial charge in [0.05, 0.1) is 11.9 Å². The standard InChI is InChI=1S/C15H12FN5O/c16-10-2-1-3-11(8-10)20-15-17-7-6-13(21-15)19-12-4-5-14(22)18-9-12/h1-9H,(H,18,22)(H2,17,19,20,21). The topological polar surface area (TPSA) is 83.0 Å². The maximum atomic E-state index is 13.1. The van der Waals surface area contributed by atoms with E-state index in [1.807, 2.05) is 0 Å². The van der Waals surface area contributed by atoms with Gasteiger partial charge in [-0.2, -0.15) is 4.98 Å². The molecule has 2 aromatic heterocycles. The van der Waals surface area contributed by atoms with Crippen LogP contribution in [-0.2, 0) is 0 Å². The van der Waals surface area contributed by atoms with E-state index < -0.39 is 0 Å². The van der Waals surface area contributed by atoms with E-state index in [9.17, 15) is 4.39 Å². The molecule has 0 aliphatic carbocycles. The summed E-state index contributed by atoms with van der Waals surface area (Å²) in [4.78, 5) is 12.1. The summed E-state index contributed by atoms with van der Waals surface area (Å²) < 4.78 is 13.1. The second-order valence-electron chi connectivity index (χ2n) is 4.43. The lowest BCUT2D eigenvalue weighted by atomic mass is 10.3. The molecule has 0 fully saturated rings. The van der Waals surface area contributed by atoms with Gasteiger partial charge in [0.25, 0.3) is 0 Å². The normalized spacial score (nSPS) is 10.2. The number of benzene rings is 1. The summed E-state index contributed by atoms with van der Waals surface area (Å²) in [5.74, 6) is 0.486. The van der Waals surface area contributed by atoms with Gasteiger partial charge < -0.3 is 15.7 Å². The zero-order valence-corrected chi connectivity index (χ0v) is 11.4. The van der Waals surface area contributed by atoms with Crippen molar-refractivity contribution >= 4 is 23.1 Å². The van der Waals surface area contributed by atoms with Crippen molar-refractivity contribution in [1.82, 2.24) is 15.0 Å². The number of halogens is 1. The molecule has 0 bridgehead atoms. The number of hydrogen-bond donors (Lipinski definition) is 3. The average Bonchev–Trinajstić information content (AvgIpc) is 2.50. The van der Waals surface area contributed by atoms with Gasteiger partial charge in [-0.25, -0.2) is 14.4 Å². The van der Waals surface area contributed by atoms with E-state index in [1.54, 1.807) is 30.5 Å². The van der Waals surface area contributed by atoms with Crippen LogP contribution in [0.5, 0.6) is 5.88 Å². The molecular formula is C15H12FN5O. The van der Waals surface area contributed by atoms with Gasteiger partial charge in [0.2, 0.25) is 11.8 Å². The molecule has 0 aliphatic rings. The minimum absolute atomic E-state index is 0.0540. The van der Waals surface area contributed by atoms with Crippen molar-refractivity contribution in [1.29, 1.82) is 0 Å². The van der Waals surface area contributed by atoms with Crippen molar-refractivity contribution < 1.29 is 9.50 Å². The molecule has 0 saturated heterocycles. The summed E-state index contributed by atoms with van der Waals surface area (Å²) in [5.41, 5.74) is 1.23. The van der Waals surface area contributed by atoms with Gasteiger partial charge in [-0.3, -0.25) is 0 Å². The first-order valence-electron chi connectivity index (χ1n) is 6.47. The SMILES string of the molecule is Oc1ccc(Nc2ccnc(Nc3cccc(F)c3)n2)cn1. The van der Waals surface area contributed by atoms with E-state index in [0.717, 1.165) is 0 Å². The zero-order chi connectivity index (χ0) is 15.4. The van der Waals surface area contributed by atoms with Crippen LogP contribution in [0.15, 0.2) is 54.9 Å². The summed E-state index contributed by atoms with van der Waals surface area (Å²) in [6.45, 7) is 0. The van der Waals surface area contributed by atoms with Gasteiger partial charge in [-0.05, 0) is 30.3 Å². The summed E-state index contributed by atoms with van der Waals surface area (Å²) in [7, 11) is 0. The Hall–Kier alpha value is -3.22. The van der Waals surface area contributed by atoms with Gasteiger partial charge in [-0.15, -0.1) is 0 Å². The number of aromatic nitrogens is 3. The molecule has 0 spiro atoms. The molecular weight excluding hydrogens is 285 g/mol. The second-order valence-corrected chi connectivity index (χ2v) is 4.43. The number of nitrogens with zero attached hydrogens (tertiary/aromatic N) is 3. The molecule has 0 saturated carbocycles. The molecule has 6 nitrogen and oxygen atoms in total. The van der Waals surface area contributed by atoms with Gasteiger partial charge >= 0.3 is 0 Å². The Morgan fingerprint density at radius 3 is 2.64 bits per heavy atom. The lowest BCUT2D eigenvalue weighted by molar-refractivity contribution is 0.453. The third kappa shape index (κ3) is 3.45. The first-order chi connectivity index (χ1) is 10.7. The van der Waals surface area contributed by atoms with Crippen LogP contribution in [0.4, 0.5) is 27.5 Å². The minimum Gasteiger partial charge on any atom is -0.493 e. The van der Waals surface area contributed by atoms with Gasteiger partial charge in [0.1, 0.15) is 11.6 Å². The van der Waals surface area contributed by atoms with Crippen molar-refractivity contribution in [3.05, 3.63) is 60.7 Å². The van der Waals surface area contributed by atoms with Crippen molar-refractivity contribution in [3.63, 3.8) is 0 Å². The number of rotatable bonds is 4. The molecule has 1 aromatic carbocycles. The maximum absolute atomic E-state index is 13.1. The fourth-order valence-corrected chi connectivity index (χ4v) is 1.79. The van der Waals surface area contributed by atoms with Crippen molar-refractivity contribution in [2.24, 2.45) is 0 Å². The number of anilines is 4. The molecule has 0 radical (unpaired) electrons. The van der Waals surface area contributed by atoms with Crippen LogP contribution in [0.2, 0.25) is 0 Å². The molecule has 7 heteroatoms. The van der Waals surface area contributed by atoms with E-state index in [-0.39, 0.29) is 11.7 Å². The number of pyridine rings is 1. The Morgan fingerprint density at radius 1 is 0.955 bits per heavy atom. The highest BCUT2D eigenvalue weighted by Gasteiger charge is 2.02. The third-order valence-corrected chi connectivity index (χ3v) is 2.76. The van der Waals surface area contributed by atoms with Crippen molar-refractivity contribution in [2.75, 3.05) is 10.6 Å². The van der Waals surface area contributed by atoms with Gasteiger partial charge in [-0.1, -0.05) is 6.07 Å². The smallest absolute Gasteiger partial charge is 0.229 e. The molecule has 0 amide bonds. The van der Waals surface area contributed by atoms with Crippen LogP contribution in [-0.4, -0.2) is 20.1 Å². The Labute approximate surface area is 125 Å². The van der Waals surface area contributed by atoms with E-state index >= 15 is 0 Å². The highest BCUT2D eigenvalue weighted by atomic mass is 19.1. The Balaban J connectivity index is 1.76. The molecule has 110 valence electrons. The van der Waals surface area contributed by atoms with Crippen LogP contribution in [0.3, 0.4) is 0 Å². The number of hydrogen-bond acceptors (Lipinski definition) is 6. The van der Waals surface area contributed by atoms with Crippen molar-refractivity contribution in [2.45, 2.75) is 0 Å². The van der Waals surface area contributed by atoms with Gasteiger partial charge in [0.15, 0.2) is 0 Å². The quantitative estimate of drug-likeness (QED) is 0.686. The van der Waals surface area contributed by atoms with Crippen LogP contribution >= 0.6 is 0 Å². The third-order valence-electron chi connectivity index (χ3n) is 2.76. The van der Waals surface area contributed by atoms with Crippen LogP contribution in [0.1, 0.15) is 0 Å². The van der Waals surface area contributed by atoms with Crippen molar-refractivity contribution in [3.8, 4) is 5.88 Å². The predicted octanol–water partition coefficient (Wildman–Crippen LogP) is 3.20. The fraction of sp³-hybridized carbons (Fsp3) is 0. The van der Waals surface area contributed by atoms with Crippen LogP contribution in [0, 0.1) is 5.82 Å². The van der Waals surface area contributed by atoms with E-state index in [2.05, 4.69) is 25.6 Å².